The highest BCUT2D eigenvalue weighted by molar-refractivity contribution is 5.93. The Morgan fingerprint density at radius 3 is 2.50 bits per heavy atom. The number of nitro groups is 1. The number of aryl methyl sites for hydroxylation is 1. The molecule has 1 N–H and O–H groups in total. The number of benzene rings is 1. The highest BCUT2D eigenvalue weighted by atomic mass is 16.6. The number of nitrogens with zero attached hydrogens (tertiary/aromatic N) is 3. The number of amides is 1. The number of aromatic nitrogens is 2. The minimum atomic E-state index is -0.424. The molecule has 0 aliphatic carbocycles. The third-order valence-corrected chi connectivity index (χ3v) is 3.27. The lowest BCUT2D eigenvalue weighted by Gasteiger charge is -2.06. The van der Waals surface area contributed by atoms with Crippen LogP contribution in [-0.2, 0) is 11.4 Å². The normalized spacial score (nSPS) is 10.5. The van der Waals surface area contributed by atoms with Gasteiger partial charge in [-0.3, -0.25) is 24.4 Å². The Hall–Kier alpha value is -2.74. The lowest BCUT2D eigenvalue weighted by molar-refractivity contribution is -0.386. The third kappa shape index (κ3) is 3.12. The largest absolute Gasteiger partial charge is 0.312 e. The summed E-state index contributed by atoms with van der Waals surface area (Å²) < 4.78 is 1.58. The maximum atomic E-state index is 11.6. The van der Waals surface area contributed by atoms with Crippen LogP contribution in [0.3, 0.4) is 0 Å². The molecule has 0 aliphatic rings. The van der Waals surface area contributed by atoms with Gasteiger partial charge in [0.05, 0.1) is 18.6 Å². The number of carbonyl (C=O) groups is 1. The molecule has 0 bridgehead atoms. The van der Waals surface area contributed by atoms with Gasteiger partial charge in [-0.2, -0.15) is 5.10 Å². The van der Waals surface area contributed by atoms with Crippen molar-refractivity contribution in [2.75, 3.05) is 7.11 Å². The lowest BCUT2D eigenvalue weighted by Crippen LogP contribution is -2.21. The van der Waals surface area contributed by atoms with E-state index >= 15 is 0 Å². The number of hydroxylamine groups is 1. The van der Waals surface area contributed by atoms with Crippen molar-refractivity contribution in [1.82, 2.24) is 15.3 Å². The van der Waals surface area contributed by atoms with Gasteiger partial charge in [0, 0.05) is 5.56 Å². The topological polar surface area (TPSA) is 99.3 Å². The molecule has 2 aromatic rings. The van der Waals surface area contributed by atoms with Crippen LogP contribution in [0.5, 0.6) is 0 Å². The van der Waals surface area contributed by atoms with Crippen molar-refractivity contribution in [2.24, 2.45) is 0 Å². The first-order chi connectivity index (χ1) is 10.4. The molecule has 22 heavy (non-hydrogen) atoms. The maximum absolute atomic E-state index is 11.6. The highest BCUT2D eigenvalue weighted by Gasteiger charge is 2.21. The fourth-order valence-electron chi connectivity index (χ4n) is 2.19. The van der Waals surface area contributed by atoms with Crippen molar-refractivity contribution < 1.29 is 14.6 Å². The summed E-state index contributed by atoms with van der Waals surface area (Å²) in [7, 11) is 1.36. The second-order valence-electron chi connectivity index (χ2n) is 4.77. The van der Waals surface area contributed by atoms with Crippen molar-refractivity contribution >= 4 is 11.6 Å². The number of rotatable bonds is 5. The molecular formula is C14H16N4O4. The van der Waals surface area contributed by atoms with Gasteiger partial charge < -0.3 is 0 Å². The summed E-state index contributed by atoms with van der Waals surface area (Å²) >= 11 is 0. The van der Waals surface area contributed by atoms with Gasteiger partial charge in [0.25, 0.3) is 5.91 Å². The predicted molar refractivity (Wildman–Crippen MR) is 78.4 cm³/mol. The van der Waals surface area contributed by atoms with Gasteiger partial charge in [-0.25, -0.2) is 5.48 Å². The van der Waals surface area contributed by atoms with Crippen LogP contribution in [0.25, 0.3) is 0 Å². The molecular weight excluding hydrogens is 288 g/mol. The van der Waals surface area contributed by atoms with E-state index in [-0.39, 0.29) is 11.6 Å². The van der Waals surface area contributed by atoms with E-state index < -0.39 is 4.92 Å². The second-order valence-corrected chi connectivity index (χ2v) is 4.77. The Kier molecular flexibility index (Phi) is 4.52. The van der Waals surface area contributed by atoms with Crippen molar-refractivity contribution in [3.8, 4) is 0 Å². The molecule has 0 atom stereocenters. The fraction of sp³-hybridized carbons (Fsp3) is 0.286. The quantitative estimate of drug-likeness (QED) is 0.670. The van der Waals surface area contributed by atoms with Crippen LogP contribution in [0, 0.1) is 24.0 Å². The van der Waals surface area contributed by atoms with Gasteiger partial charge in [0.15, 0.2) is 0 Å². The first-order valence-corrected chi connectivity index (χ1v) is 6.54. The number of hydrogen-bond acceptors (Lipinski definition) is 5. The molecule has 8 nitrogen and oxygen atoms in total. The zero-order valence-electron chi connectivity index (χ0n) is 12.5. The molecule has 1 heterocycles. The highest BCUT2D eigenvalue weighted by Crippen LogP contribution is 2.22. The molecule has 1 amide bonds. The van der Waals surface area contributed by atoms with E-state index in [9.17, 15) is 14.9 Å². The summed E-state index contributed by atoms with van der Waals surface area (Å²) in [6, 6.07) is 6.85. The second kappa shape index (κ2) is 6.35. The van der Waals surface area contributed by atoms with E-state index in [1.165, 1.54) is 7.11 Å². The Balaban J connectivity index is 2.20. The zero-order chi connectivity index (χ0) is 16.3. The average Bonchev–Trinajstić information content (AvgIpc) is 2.74. The van der Waals surface area contributed by atoms with E-state index in [2.05, 4.69) is 15.4 Å². The molecule has 8 heteroatoms. The molecule has 1 aromatic heterocycles. The molecule has 116 valence electrons. The number of carbonyl (C=O) groups excluding carboxylic acids is 1. The SMILES string of the molecule is CONC(=O)c1ccc(Cn2nc(C)c([N+](=O)[O-])c2C)cc1. The van der Waals surface area contributed by atoms with Crippen LogP contribution < -0.4 is 5.48 Å². The fourth-order valence-corrected chi connectivity index (χ4v) is 2.19. The molecule has 0 radical (unpaired) electrons. The summed E-state index contributed by atoms with van der Waals surface area (Å²) in [6.07, 6.45) is 0. The summed E-state index contributed by atoms with van der Waals surface area (Å²) in [5.74, 6) is -0.337. The van der Waals surface area contributed by atoms with Gasteiger partial charge in [0.1, 0.15) is 11.4 Å². The van der Waals surface area contributed by atoms with Crippen molar-refractivity contribution in [3.63, 3.8) is 0 Å². The van der Waals surface area contributed by atoms with Gasteiger partial charge in [-0.15, -0.1) is 0 Å². The molecule has 1 aromatic carbocycles. The van der Waals surface area contributed by atoms with Gasteiger partial charge >= 0.3 is 5.69 Å². The molecule has 0 fully saturated rings. The molecule has 2 rings (SSSR count). The van der Waals surface area contributed by atoms with E-state index in [1.807, 2.05) is 0 Å². The molecule has 0 saturated carbocycles. The van der Waals surface area contributed by atoms with Crippen LogP contribution >= 0.6 is 0 Å². The third-order valence-electron chi connectivity index (χ3n) is 3.27. The summed E-state index contributed by atoms with van der Waals surface area (Å²) in [5, 5.41) is 15.2. The first-order valence-electron chi connectivity index (χ1n) is 6.54. The van der Waals surface area contributed by atoms with E-state index in [0.29, 0.717) is 23.5 Å². The van der Waals surface area contributed by atoms with Crippen LogP contribution in [-0.4, -0.2) is 27.7 Å². The van der Waals surface area contributed by atoms with Gasteiger partial charge in [-0.05, 0) is 31.5 Å². The number of hydrogen-bond donors (Lipinski definition) is 1. The Labute approximate surface area is 126 Å². The predicted octanol–water partition coefficient (Wildman–Crippen LogP) is 1.75. The van der Waals surface area contributed by atoms with Crippen molar-refractivity contribution in [3.05, 3.63) is 56.9 Å². The smallest absolute Gasteiger partial charge is 0.277 e. The van der Waals surface area contributed by atoms with Gasteiger partial charge in [0.2, 0.25) is 0 Å². The summed E-state index contributed by atoms with van der Waals surface area (Å²) in [4.78, 5) is 26.7. The number of nitrogens with one attached hydrogen (secondary N) is 1. The first kappa shape index (κ1) is 15.6. The minimum absolute atomic E-state index is 0.0380. The van der Waals surface area contributed by atoms with Crippen LogP contribution in [0.15, 0.2) is 24.3 Å². The van der Waals surface area contributed by atoms with Gasteiger partial charge in [-0.1, -0.05) is 12.1 Å². The van der Waals surface area contributed by atoms with E-state index in [0.717, 1.165) is 5.56 Å². The molecule has 0 spiro atoms. The monoisotopic (exact) mass is 304 g/mol. The Morgan fingerprint density at radius 2 is 2.00 bits per heavy atom. The van der Waals surface area contributed by atoms with Crippen molar-refractivity contribution in [2.45, 2.75) is 20.4 Å². The Morgan fingerprint density at radius 1 is 1.36 bits per heavy atom. The zero-order valence-corrected chi connectivity index (χ0v) is 12.5. The molecule has 0 saturated heterocycles. The van der Waals surface area contributed by atoms with Crippen LogP contribution in [0.4, 0.5) is 5.69 Å². The minimum Gasteiger partial charge on any atom is -0.277 e. The Bertz CT molecular complexity index is 706. The molecule has 0 unspecified atom stereocenters. The molecule has 0 aliphatic heterocycles. The summed E-state index contributed by atoms with van der Waals surface area (Å²) in [6.45, 7) is 3.67. The maximum Gasteiger partial charge on any atom is 0.312 e. The van der Waals surface area contributed by atoms with Crippen molar-refractivity contribution in [1.29, 1.82) is 0 Å². The standard InChI is InChI=1S/C14H16N4O4/c1-9-13(18(20)21)10(2)17(15-9)8-11-4-6-12(7-5-11)14(19)16-22-3/h4-7H,8H2,1-3H3,(H,16,19). The van der Waals surface area contributed by atoms with Crippen LogP contribution in [0.2, 0.25) is 0 Å². The lowest BCUT2D eigenvalue weighted by atomic mass is 10.1. The van der Waals surface area contributed by atoms with Crippen LogP contribution in [0.1, 0.15) is 27.3 Å². The average molecular weight is 304 g/mol. The summed E-state index contributed by atoms with van der Waals surface area (Å²) in [5.41, 5.74) is 4.51. The van der Waals surface area contributed by atoms with E-state index in [4.69, 9.17) is 0 Å². The van der Waals surface area contributed by atoms with E-state index in [1.54, 1.807) is 42.8 Å².